The largest absolute Gasteiger partial charge is 0.438 e. The highest BCUT2D eigenvalue weighted by Crippen LogP contribution is 2.40. The van der Waals surface area contributed by atoms with Crippen molar-refractivity contribution in [3.8, 4) is 0 Å². The molecule has 1 fully saturated rings. The molecule has 0 spiro atoms. The minimum absolute atomic E-state index is 0.0540. The predicted octanol–water partition coefficient (Wildman–Crippen LogP) is 6.06. The maximum atomic E-state index is 10.7. The van der Waals surface area contributed by atoms with E-state index < -0.39 is 17.8 Å². The lowest BCUT2D eigenvalue weighted by Crippen LogP contribution is -2.37. The average molecular weight is 527 g/mol. The molecule has 0 saturated carbocycles. The summed E-state index contributed by atoms with van der Waals surface area (Å²) >= 11 is 0. The van der Waals surface area contributed by atoms with Gasteiger partial charge in [-0.05, 0) is 119 Å². The molecule has 1 saturated heterocycles. The first-order chi connectivity index (χ1) is 18.2. The third-order valence-corrected chi connectivity index (χ3v) is 23.3. The SMILES string of the molecule is O[SiH]1CC(c2c3ccccc3cc3cc4c(ccc5cc6cc7ccccc7cc6cc54)cc23)O[SiH2][SiH2]1. The van der Waals surface area contributed by atoms with Gasteiger partial charge in [0.15, 0.2) is 8.56 Å². The highest BCUT2D eigenvalue weighted by Gasteiger charge is 2.27. The fourth-order valence-corrected chi connectivity index (χ4v) is 18.3. The molecule has 1 aliphatic heterocycles. The molecule has 0 aromatic heterocycles. The van der Waals surface area contributed by atoms with Crippen molar-refractivity contribution in [3.05, 3.63) is 109 Å². The van der Waals surface area contributed by atoms with Crippen LogP contribution in [0.4, 0.5) is 0 Å². The molecule has 1 aliphatic rings. The molecule has 7 aromatic carbocycles. The Bertz CT molecular complexity index is 2040. The van der Waals surface area contributed by atoms with Gasteiger partial charge in [-0.3, -0.25) is 0 Å². The van der Waals surface area contributed by atoms with E-state index in [2.05, 4.69) is 103 Å². The standard InChI is InChI=1S/C32H26O2Si3/c33-37-18-31(34-35-36-37)32-27-8-4-3-7-21(27)14-26-17-29-23(15-30(26)32)10-9-22-13-24-11-19-5-1-2-6-20(19)12-25(24)16-28(22)29/h1-17,31,33,37H,18,35-36H2. The molecule has 2 atom stereocenters. The van der Waals surface area contributed by atoms with Crippen molar-refractivity contribution in [3.63, 3.8) is 0 Å². The monoisotopic (exact) mass is 526 g/mol. The van der Waals surface area contributed by atoms with Crippen molar-refractivity contribution < 1.29 is 9.22 Å². The smallest absolute Gasteiger partial charge is 0.156 e. The van der Waals surface area contributed by atoms with Crippen LogP contribution in [-0.4, -0.2) is 31.2 Å². The summed E-state index contributed by atoms with van der Waals surface area (Å²) < 4.78 is 6.49. The second-order valence-electron chi connectivity index (χ2n) is 10.5. The summed E-state index contributed by atoms with van der Waals surface area (Å²) in [6.07, 6.45) is 0.0540. The summed E-state index contributed by atoms with van der Waals surface area (Å²) in [6, 6.07) is 39.2. The number of hydrogen-bond acceptors (Lipinski definition) is 2. The van der Waals surface area contributed by atoms with E-state index in [1.54, 1.807) is 0 Å². The summed E-state index contributed by atoms with van der Waals surface area (Å²) in [4.78, 5) is 10.7. The quantitative estimate of drug-likeness (QED) is 0.160. The van der Waals surface area contributed by atoms with Crippen molar-refractivity contribution in [2.75, 3.05) is 0 Å². The molecule has 0 bridgehead atoms. The maximum absolute atomic E-state index is 10.7. The second kappa shape index (κ2) is 8.34. The Hall–Kier alpha value is -3.33. The van der Waals surface area contributed by atoms with Crippen LogP contribution in [0.25, 0.3) is 64.6 Å². The van der Waals surface area contributed by atoms with Gasteiger partial charge in [0.1, 0.15) is 9.28 Å². The molecule has 1 N–H and O–H groups in total. The van der Waals surface area contributed by atoms with E-state index in [-0.39, 0.29) is 14.7 Å². The first-order valence-electron chi connectivity index (χ1n) is 13.2. The molecule has 0 radical (unpaired) electrons. The summed E-state index contributed by atoms with van der Waals surface area (Å²) in [5.41, 5.74) is 1.30. The molecule has 178 valence electrons. The Morgan fingerprint density at radius 3 is 1.86 bits per heavy atom. The van der Waals surface area contributed by atoms with Crippen molar-refractivity contribution in [2.24, 2.45) is 0 Å². The van der Waals surface area contributed by atoms with Gasteiger partial charge in [-0.15, -0.1) is 0 Å². The zero-order valence-corrected chi connectivity index (χ0v) is 24.4. The maximum Gasteiger partial charge on any atom is 0.156 e. The molecule has 2 unspecified atom stereocenters. The predicted molar refractivity (Wildman–Crippen MR) is 167 cm³/mol. The third-order valence-electron chi connectivity index (χ3n) is 8.26. The van der Waals surface area contributed by atoms with E-state index in [1.165, 1.54) is 70.2 Å². The lowest BCUT2D eigenvalue weighted by Gasteiger charge is -2.28. The fraction of sp³-hybridized carbons (Fsp3) is 0.0625. The van der Waals surface area contributed by atoms with Crippen molar-refractivity contribution in [1.82, 2.24) is 0 Å². The number of benzene rings is 7. The molecule has 0 aliphatic carbocycles. The zero-order valence-electron chi connectivity index (χ0n) is 20.4. The van der Waals surface area contributed by atoms with E-state index in [0.717, 1.165) is 6.04 Å². The summed E-state index contributed by atoms with van der Waals surface area (Å²) in [5, 5.41) is 15.3. The number of hydrogen-bond donors (Lipinski definition) is 1. The van der Waals surface area contributed by atoms with Crippen LogP contribution in [0.1, 0.15) is 11.7 Å². The fourth-order valence-electron chi connectivity index (χ4n) is 6.43. The first kappa shape index (κ1) is 21.7. The van der Waals surface area contributed by atoms with Gasteiger partial charge in [0.2, 0.25) is 0 Å². The van der Waals surface area contributed by atoms with Crippen LogP contribution in [0.15, 0.2) is 103 Å². The summed E-state index contributed by atoms with van der Waals surface area (Å²) in [6.45, 7) is 0. The van der Waals surface area contributed by atoms with Gasteiger partial charge in [-0.2, -0.15) is 0 Å². The van der Waals surface area contributed by atoms with Crippen LogP contribution in [0.5, 0.6) is 0 Å². The van der Waals surface area contributed by atoms with Gasteiger partial charge in [0, 0.05) is 0 Å². The van der Waals surface area contributed by atoms with Gasteiger partial charge in [-0.1, -0.05) is 60.7 Å². The van der Waals surface area contributed by atoms with Crippen molar-refractivity contribution in [2.45, 2.75) is 12.1 Å². The summed E-state index contributed by atoms with van der Waals surface area (Å²) in [7, 11) is -2.33. The Balaban J connectivity index is 1.44. The highest BCUT2D eigenvalue weighted by molar-refractivity contribution is 7.32. The van der Waals surface area contributed by atoms with Gasteiger partial charge in [-0.25, -0.2) is 0 Å². The number of fused-ring (bicyclic) bond motifs is 7. The van der Waals surface area contributed by atoms with E-state index in [9.17, 15) is 4.80 Å². The first-order valence-corrected chi connectivity index (χ1v) is 22.3. The molecule has 8 rings (SSSR count). The van der Waals surface area contributed by atoms with Crippen molar-refractivity contribution in [1.29, 1.82) is 0 Å². The van der Waals surface area contributed by atoms with Gasteiger partial charge in [0.05, 0.1) is 14.7 Å². The van der Waals surface area contributed by atoms with Gasteiger partial charge < -0.3 is 9.22 Å². The molecular formula is C32H26O2Si3. The van der Waals surface area contributed by atoms with Crippen LogP contribution in [-0.2, 0) is 4.43 Å². The minimum Gasteiger partial charge on any atom is -0.438 e. The number of rotatable bonds is 1. The Kier molecular flexibility index (Phi) is 4.90. The molecule has 5 heteroatoms. The van der Waals surface area contributed by atoms with Crippen molar-refractivity contribution >= 4 is 91.0 Å². The van der Waals surface area contributed by atoms with Crippen LogP contribution < -0.4 is 0 Å². The van der Waals surface area contributed by atoms with Crippen LogP contribution in [0.2, 0.25) is 6.04 Å². The Morgan fingerprint density at radius 2 is 1.11 bits per heavy atom. The normalized spacial score (nSPS) is 19.8. The molecule has 1 heterocycles. The Labute approximate surface area is 220 Å². The average Bonchev–Trinajstić information content (AvgIpc) is 2.92. The van der Waals surface area contributed by atoms with E-state index >= 15 is 0 Å². The van der Waals surface area contributed by atoms with Crippen LogP contribution >= 0.6 is 0 Å². The second-order valence-corrected chi connectivity index (χ2v) is 24.6. The zero-order chi connectivity index (χ0) is 24.5. The van der Waals surface area contributed by atoms with E-state index in [4.69, 9.17) is 4.43 Å². The van der Waals surface area contributed by atoms with Crippen LogP contribution in [0.3, 0.4) is 0 Å². The lowest BCUT2D eigenvalue weighted by atomic mass is 9.90. The van der Waals surface area contributed by atoms with Crippen LogP contribution in [0, 0.1) is 0 Å². The molecule has 37 heavy (non-hydrogen) atoms. The highest BCUT2D eigenvalue weighted by atomic mass is 29.6. The Morgan fingerprint density at radius 1 is 0.568 bits per heavy atom. The van der Waals surface area contributed by atoms with Gasteiger partial charge in [0.25, 0.3) is 0 Å². The van der Waals surface area contributed by atoms with E-state index in [1.807, 2.05) is 0 Å². The van der Waals surface area contributed by atoms with E-state index in [0.29, 0.717) is 0 Å². The molecular weight excluding hydrogens is 501 g/mol. The minimum atomic E-state index is -1.53. The third kappa shape index (κ3) is 3.50. The van der Waals surface area contributed by atoms with Gasteiger partial charge >= 0.3 is 0 Å². The summed E-state index contributed by atoms with van der Waals surface area (Å²) in [5.74, 6) is 0. The lowest BCUT2D eigenvalue weighted by molar-refractivity contribution is 0.242. The molecule has 2 nitrogen and oxygen atoms in total. The molecule has 0 amide bonds. The topological polar surface area (TPSA) is 29.5 Å². The molecule has 7 aromatic rings.